The molecule has 0 aliphatic rings. The zero-order valence-electron chi connectivity index (χ0n) is 8.58. The molecule has 0 aromatic heterocycles. The van der Waals surface area contributed by atoms with Crippen molar-refractivity contribution in [2.45, 2.75) is 24.3 Å². The summed E-state index contributed by atoms with van der Waals surface area (Å²) in [5.41, 5.74) is 0. The molecular formula is C8H14S7. The van der Waals surface area contributed by atoms with Crippen LogP contribution in [0.4, 0.5) is 0 Å². The molecule has 0 saturated carbocycles. The Kier molecular flexibility index (Phi) is 14.0. The molecule has 0 N–H and O–H groups in total. The summed E-state index contributed by atoms with van der Waals surface area (Å²) in [5, 5.41) is 1.05. The highest BCUT2D eigenvalue weighted by Gasteiger charge is 2.01. The smallest absolute Gasteiger partial charge is 0.0308 e. The lowest BCUT2D eigenvalue weighted by Crippen LogP contribution is -1.82. The molecule has 0 amide bonds. The molecule has 0 aromatic carbocycles. The van der Waals surface area contributed by atoms with Crippen LogP contribution in [-0.4, -0.2) is 10.5 Å². The topological polar surface area (TPSA) is 0 Å². The van der Waals surface area contributed by atoms with Crippen molar-refractivity contribution in [3.05, 3.63) is 25.3 Å². The summed E-state index contributed by atoms with van der Waals surface area (Å²) in [4.78, 5) is 0. The van der Waals surface area contributed by atoms with Gasteiger partial charge in [0.15, 0.2) is 0 Å². The minimum Gasteiger partial charge on any atom is -0.102 e. The minimum absolute atomic E-state index is 0.524. The molecule has 0 nitrogen and oxygen atoms in total. The molecule has 0 spiro atoms. The molecule has 0 aliphatic carbocycles. The molecule has 7 heteroatoms. The Balaban J connectivity index is 3.11. The summed E-state index contributed by atoms with van der Waals surface area (Å²) >= 11 is 0. The summed E-state index contributed by atoms with van der Waals surface area (Å²) in [7, 11) is 12.7. The lowest BCUT2D eigenvalue weighted by molar-refractivity contribution is 1.27. The van der Waals surface area contributed by atoms with Crippen molar-refractivity contribution < 1.29 is 0 Å². The lowest BCUT2D eigenvalue weighted by Gasteiger charge is -2.03. The van der Waals surface area contributed by atoms with Gasteiger partial charge in [-0.25, -0.2) is 0 Å². The van der Waals surface area contributed by atoms with E-state index in [1.54, 1.807) is 0 Å². The zero-order chi connectivity index (χ0) is 11.5. The van der Waals surface area contributed by atoms with Crippen LogP contribution in [0.1, 0.15) is 13.8 Å². The van der Waals surface area contributed by atoms with Gasteiger partial charge in [-0.15, -0.1) is 13.2 Å². The van der Waals surface area contributed by atoms with E-state index >= 15 is 0 Å². The molecule has 0 rings (SSSR count). The van der Waals surface area contributed by atoms with E-state index in [9.17, 15) is 0 Å². The van der Waals surface area contributed by atoms with E-state index < -0.39 is 0 Å². The van der Waals surface area contributed by atoms with Crippen molar-refractivity contribution >= 4 is 70.7 Å². The Hall–Kier alpha value is 1.93. The molecule has 2 unspecified atom stereocenters. The predicted molar refractivity (Wildman–Crippen MR) is 92.5 cm³/mol. The molecule has 0 fully saturated rings. The van der Waals surface area contributed by atoms with Gasteiger partial charge in [-0.1, -0.05) is 33.7 Å². The average molecular weight is 335 g/mol. The monoisotopic (exact) mass is 334 g/mol. The van der Waals surface area contributed by atoms with E-state index in [1.165, 1.54) is 0 Å². The number of hydrogen-bond acceptors (Lipinski definition) is 7. The molecule has 0 saturated heterocycles. The average Bonchev–Trinajstić information content (AvgIpc) is 2.26. The van der Waals surface area contributed by atoms with Gasteiger partial charge in [0.1, 0.15) is 0 Å². The number of hydrogen-bond donors (Lipinski definition) is 0. The van der Waals surface area contributed by atoms with Crippen molar-refractivity contribution in [1.82, 2.24) is 0 Å². The molecule has 0 radical (unpaired) electrons. The van der Waals surface area contributed by atoms with Gasteiger partial charge in [-0.2, -0.15) is 0 Å². The van der Waals surface area contributed by atoms with Crippen molar-refractivity contribution in [2.75, 3.05) is 0 Å². The maximum absolute atomic E-state index is 3.75. The first-order chi connectivity index (χ1) is 7.20. The van der Waals surface area contributed by atoms with Crippen molar-refractivity contribution in [3.63, 3.8) is 0 Å². The molecule has 0 heterocycles. The highest BCUT2D eigenvalue weighted by atomic mass is 33.9. The molecule has 15 heavy (non-hydrogen) atoms. The third-order valence-electron chi connectivity index (χ3n) is 1.16. The first-order valence-corrected chi connectivity index (χ1v) is 13.1. The second-order valence-electron chi connectivity index (χ2n) is 2.41. The van der Waals surface area contributed by atoms with Crippen molar-refractivity contribution in [3.8, 4) is 0 Å². The maximum atomic E-state index is 3.75. The molecule has 0 bridgehead atoms. The van der Waals surface area contributed by atoms with E-state index in [0.29, 0.717) is 10.5 Å². The zero-order valence-corrected chi connectivity index (χ0v) is 14.3. The minimum atomic E-state index is 0.524. The second-order valence-corrected chi connectivity index (χ2v) is 14.3. The molecule has 88 valence electrons. The SMILES string of the molecule is C=CC(C)SSSSSSSC(C)C=C. The summed E-state index contributed by atoms with van der Waals surface area (Å²) in [6, 6.07) is 0. The Morgan fingerprint density at radius 1 is 0.733 bits per heavy atom. The van der Waals surface area contributed by atoms with E-state index in [1.807, 2.05) is 82.9 Å². The summed E-state index contributed by atoms with van der Waals surface area (Å²) in [5.74, 6) is 0. The van der Waals surface area contributed by atoms with E-state index in [-0.39, 0.29) is 0 Å². The molecular weight excluding hydrogens is 321 g/mol. The first-order valence-electron chi connectivity index (χ1n) is 4.11. The second kappa shape index (κ2) is 12.4. The third kappa shape index (κ3) is 12.2. The van der Waals surface area contributed by atoms with Gasteiger partial charge in [-0.05, 0) is 63.0 Å². The van der Waals surface area contributed by atoms with Gasteiger partial charge in [-0.3, -0.25) is 0 Å². The third-order valence-corrected chi connectivity index (χ3v) is 14.9. The van der Waals surface area contributed by atoms with Crippen LogP contribution in [0.2, 0.25) is 0 Å². The fourth-order valence-corrected chi connectivity index (χ4v) is 14.9. The van der Waals surface area contributed by atoms with Crippen LogP contribution >= 0.6 is 70.7 Å². The van der Waals surface area contributed by atoms with Crippen LogP contribution in [0, 0.1) is 0 Å². The highest BCUT2D eigenvalue weighted by molar-refractivity contribution is 9.46. The summed E-state index contributed by atoms with van der Waals surface area (Å²) in [6.07, 6.45) is 3.93. The molecule has 0 aliphatic heterocycles. The van der Waals surface area contributed by atoms with Crippen LogP contribution in [0.15, 0.2) is 25.3 Å². The maximum Gasteiger partial charge on any atom is 0.0308 e. The van der Waals surface area contributed by atoms with Crippen LogP contribution in [0.5, 0.6) is 0 Å². The van der Waals surface area contributed by atoms with Gasteiger partial charge >= 0.3 is 0 Å². The summed E-state index contributed by atoms with van der Waals surface area (Å²) < 4.78 is 0. The molecule has 0 aromatic rings. The van der Waals surface area contributed by atoms with Crippen LogP contribution in [0.25, 0.3) is 0 Å². The Morgan fingerprint density at radius 2 is 1.07 bits per heavy atom. The highest BCUT2D eigenvalue weighted by Crippen LogP contribution is 2.56. The van der Waals surface area contributed by atoms with E-state index in [2.05, 4.69) is 27.0 Å². The quantitative estimate of drug-likeness (QED) is 0.243. The van der Waals surface area contributed by atoms with Gasteiger partial charge < -0.3 is 0 Å². The first kappa shape index (κ1) is 16.9. The Labute approximate surface area is 119 Å². The predicted octanol–water partition coefficient (Wildman–Crippen LogP) is 6.76. The van der Waals surface area contributed by atoms with Gasteiger partial charge in [0.25, 0.3) is 0 Å². The fraction of sp³-hybridized carbons (Fsp3) is 0.500. The van der Waals surface area contributed by atoms with E-state index in [4.69, 9.17) is 0 Å². The summed E-state index contributed by atoms with van der Waals surface area (Å²) in [6.45, 7) is 11.8. The fourth-order valence-electron chi connectivity index (χ4n) is 0.269. The standard InChI is InChI=1S/C8H14S7/c1-5-7(3)9-11-13-15-14-12-10-8(4)6-2/h5-8H,1-2H2,3-4H3. The Morgan fingerprint density at radius 3 is 1.40 bits per heavy atom. The lowest BCUT2D eigenvalue weighted by atomic mass is 10.5. The van der Waals surface area contributed by atoms with Crippen LogP contribution in [0.3, 0.4) is 0 Å². The Bertz CT molecular complexity index is 154. The van der Waals surface area contributed by atoms with Crippen molar-refractivity contribution in [2.24, 2.45) is 0 Å². The van der Waals surface area contributed by atoms with E-state index in [0.717, 1.165) is 0 Å². The van der Waals surface area contributed by atoms with Gasteiger partial charge in [0.2, 0.25) is 0 Å². The normalized spacial score (nSPS) is 14.5. The van der Waals surface area contributed by atoms with Crippen LogP contribution in [-0.2, 0) is 0 Å². The molecule has 2 atom stereocenters. The van der Waals surface area contributed by atoms with Gasteiger partial charge in [0.05, 0.1) is 0 Å². The number of rotatable bonds is 10. The largest absolute Gasteiger partial charge is 0.102 e. The van der Waals surface area contributed by atoms with Crippen molar-refractivity contribution in [1.29, 1.82) is 0 Å². The van der Waals surface area contributed by atoms with Gasteiger partial charge in [0, 0.05) is 10.5 Å². The van der Waals surface area contributed by atoms with Crippen LogP contribution < -0.4 is 0 Å².